The van der Waals surface area contributed by atoms with Crippen LogP contribution in [0.4, 0.5) is 11.4 Å². The Morgan fingerprint density at radius 3 is 2.68 bits per heavy atom. The third-order valence-corrected chi connectivity index (χ3v) is 3.19. The first-order chi connectivity index (χ1) is 8.86. The molecule has 0 saturated carbocycles. The molecule has 7 nitrogen and oxygen atoms in total. The quantitative estimate of drug-likeness (QED) is 0.410. The Morgan fingerprint density at radius 1 is 1.58 bits per heavy atom. The monoisotopic (exact) mass is 352 g/mol. The molecular formula is C10H10BrClN2O5. The summed E-state index contributed by atoms with van der Waals surface area (Å²) in [6, 6.07) is 2.19. The highest BCUT2D eigenvalue weighted by atomic mass is 79.9. The van der Waals surface area contributed by atoms with E-state index in [1.165, 1.54) is 6.07 Å². The average Bonchev–Trinajstić information content (AvgIpc) is 2.35. The molecule has 1 atom stereocenters. The van der Waals surface area contributed by atoms with Crippen molar-refractivity contribution in [3.8, 4) is 0 Å². The summed E-state index contributed by atoms with van der Waals surface area (Å²) in [5.74, 6) is -1.29. The lowest BCUT2D eigenvalue weighted by Gasteiger charge is -2.12. The largest absolute Gasteiger partial charge is 0.478 e. The molecule has 19 heavy (non-hydrogen) atoms. The van der Waals surface area contributed by atoms with Crippen LogP contribution >= 0.6 is 27.5 Å². The molecule has 0 aliphatic rings. The molecule has 1 unspecified atom stereocenters. The van der Waals surface area contributed by atoms with Crippen molar-refractivity contribution in [3.63, 3.8) is 0 Å². The summed E-state index contributed by atoms with van der Waals surface area (Å²) in [4.78, 5) is 21.1. The highest BCUT2D eigenvalue weighted by molar-refractivity contribution is 9.10. The molecule has 9 heteroatoms. The standard InChI is InChI=1S/C10H10BrClN2O5/c11-7-1-5(10(16)17)2-8(14(18)19)9(7)13-4-6(15)3-12/h1-2,6,13,15H,3-4H2,(H,16,17). The fraction of sp³-hybridized carbons (Fsp3) is 0.300. The van der Waals surface area contributed by atoms with Crippen LogP contribution in [-0.2, 0) is 0 Å². The maximum atomic E-state index is 10.9. The minimum Gasteiger partial charge on any atom is -0.478 e. The van der Waals surface area contributed by atoms with Crippen molar-refractivity contribution in [2.45, 2.75) is 6.10 Å². The van der Waals surface area contributed by atoms with Crippen LogP contribution in [0.3, 0.4) is 0 Å². The van der Waals surface area contributed by atoms with Crippen molar-refractivity contribution in [1.82, 2.24) is 0 Å². The number of hydrogen-bond acceptors (Lipinski definition) is 5. The van der Waals surface area contributed by atoms with Gasteiger partial charge in [-0.1, -0.05) is 0 Å². The number of nitrogens with zero attached hydrogens (tertiary/aromatic N) is 1. The molecule has 0 amide bonds. The van der Waals surface area contributed by atoms with E-state index in [2.05, 4.69) is 21.2 Å². The molecule has 0 fully saturated rings. The Morgan fingerprint density at radius 2 is 2.21 bits per heavy atom. The van der Waals surface area contributed by atoms with E-state index in [0.29, 0.717) is 0 Å². The van der Waals surface area contributed by atoms with Gasteiger partial charge in [-0.15, -0.1) is 11.6 Å². The van der Waals surface area contributed by atoms with E-state index in [1.807, 2.05) is 0 Å². The summed E-state index contributed by atoms with van der Waals surface area (Å²) in [6.45, 7) is 0.00928. The molecule has 3 N–H and O–H groups in total. The van der Waals surface area contributed by atoms with Gasteiger partial charge in [0, 0.05) is 17.1 Å². The maximum absolute atomic E-state index is 10.9. The molecule has 0 aliphatic heterocycles. The Hall–Kier alpha value is -1.38. The average molecular weight is 354 g/mol. The predicted octanol–water partition coefficient (Wildman–Crippen LogP) is 2.07. The van der Waals surface area contributed by atoms with Gasteiger partial charge in [-0.25, -0.2) is 4.79 Å². The normalized spacial score (nSPS) is 11.9. The van der Waals surface area contributed by atoms with E-state index in [4.69, 9.17) is 16.7 Å². The van der Waals surface area contributed by atoms with E-state index in [9.17, 15) is 20.0 Å². The summed E-state index contributed by atoms with van der Waals surface area (Å²) < 4.78 is 0.223. The number of carbonyl (C=O) groups is 1. The van der Waals surface area contributed by atoms with Gasteiger partial charge in [-0.05, 0) is 22.0 Å². The Balaban J connectivity index is 3.15. The minimum atomic E-state index is -1.27. The molecule has 1 aromatic carbocycles. The molecule has 0 bridgehead atoms. The predicted molar refractivity (Wildman–Crippen MR) is 73.0 cm³/mol. The van der Waals surface area contributed by atoms with Crippen LogP contribution in [0.15, 0.2) is 16.6 Å². The smallest absolute Gasteiger partial charge is 0.335 e. The van der Waals surface area contributed by atoms with Crippen molar-refractivity contribution in [2.24, 2.45) is 0 Å². The zero-order valence-corrected chi connectivity index (χ0v) is 11.8. The van der Waals surface area contributed by atoms with Crippen LogP contribution < -0.4 is 5.32 Å². The molecule has 1 aromatic rings. The second-order valence-electron chi connectivity index (χ2n) is 3.60. The first-order valence-corrected chi connectivity index (χ1v) is 6.38. The van der Waals surface area contributed by atoms with Gasteiger partial charge >= 0.3 is 5.97 Å². The van der Waals surface area contributed by atoms with Gasteiger partial charge in [-0.3, -0.25) is 10.1 Å². The maximum Gasteiger partial charge on any atom is 0.335 e. The Labute approximate surface area is 121 Å². The molecule has 0 radical (unpaired) electrons. The summed E-state index contributed by atoms with van der Waals surface area (Å²) >= 11 is 8.48. The summed E-state index contributed by atoms with van der Waals surface area (Å²) in [5.41, 5.74) is -0.505. The number of nitro groups is 1. The lowest BCUT2D eigenvalue weighted by atomic mass is 10.1. The molecule has 0 aromatic heterocycles. The van der Waals surface area contributed by atoms with Crippen LogP contribution in [0.2, 0.25) is 0 Å². The number of aromatic carboxylic acids is 1. The number of aliphatic hydroxyl groups is 1. The van der Waals surface area contributed by atoms with E-state index in [0.717, 1.165) is 6.07 Å². The number of alkyl halides is 1. The number of nitrogens with one attached hydrogen (secondary N) is 1. The fourth-order valence-electron chi connectivity index (χ4n) is 1.31. The van der Waals surface area contributed by atoms with Gasteiger partial charge < -0.3 is 15.5 Å². The second-order valence-corrected chi connectivity index (χ2v) is 4.77. The zero-order valence-electron chi connectivity index (χ0n) is 9.47. The molecule has 0 saturated heterocycles. The Kier molecular flexibility index (Phi) is 5.52. The number of anilines is 1. The fourth-order valence-corrected chi connectivity index (χ4v) is 2.01. The SMILES string of the molecule is O=C(O)c1cc(Br)c(NCC(O)CCl)c([N+](=O)[O-])c1. The molecule has 1 rings (SSSR count). The van der Waals surface area contributed by atoms with Crippen LogP contribution in [0.25, 0.3) is 0 Å². The van der Waals surface area contributed by atoms with Gasteiger partial charge in [0.15, 0.2) is 0 Å². The minimum absolute atomic E-state index is 0.00928. The molecular weight excluding hydrogens is 343 g/mol. The number of carboxylic acids is 1. The Bertz CT molecular complexity index is 511. The molecule has 0 spiro atoms. The zero-order chi connectivity index (χ0) is 14.6. The van der Waals surface area contributed by atoms with Gasteiger partial charge in [-0.2, -0.15) is 0 Å². The third kappa shape index (κ3) is 4.05. The molecule has 104 valence electrons. The third-order valence-electron chi connectivity index (χ3n) is 2.21. The number of carboxylic acid groups (broad SMARTS) is 1. The van der Waals surface area contributed by atoms with Crippen LogP contribution in [0.5, 0.6) is 0 Å². The van der Waals surface area contributed by atoms with Gasteiger partial charge in [0.25, 0.3) is 5.69 Å². The lowest BCUT2D eigenvalue weighted by molar-refractivity contribution is -0.384. The van der Waals surface area contributed by atoms with Crippen molar-refractivity contribution in [3.05, 3.63) is 32.3 Å². The van der Waals surface area contributed by atoms with E-state index < -0.39 is 22.7 Å². The number of nitro benzene ring substituents is 1. The molecule has 0 aliphatic carbocycles. The number of hydrogen-bond donors (Lipinski definition) is 3. The van der Waals surface area contributed by atoms with Crippen molar-refractivity contribution in [1.29, 1.82) is 0 Å². The van der Waals surface area contributed by atoms with E-state index in [-0.39, 0.29) is 28.1 Å². The molecule has 0 heterocycles. The number of benzene rings is 1. The second kappa shape index (κ2) is 6.69. The van der Waals surface area contributed by atoms with Gasteiger partial charge in [0.1, 0.15) is 5.69 Å². The summed E-state index contributed by atoms with van der Waals surface area (Å²) in [6.07, 6.45) is -0.868. The van der Waals surface area contributed by atoms with Crippen molar-refractivity contribution < 1.29 is 19.9 Å². The first-order valence-electron chi connectivity index (χ1n) is 5.06. The number of halogens is 2. The van der Waals surface area contributed by atoms with Crippen molar-refractivity contribution in [2.75, 3.05) is 17.7 Å². The highest BCUT2D eigenvalue weighted by Crippen LogP contribution is 2.34. The van der Waals surface area contributed by atoms with E-state index in [1.54, 1.807) is 0 Å². The topological polar surface area (TPSA) is 113 Å². The lowest BCUT2D eigenvalue weighted by Crippen LogP contribution is -2.21. The van der Waals surface area contributed by atoms with Gasteiger partial charge in [0.2, 0.25) is 0 Å². The summed E-state index contributed by atoms with van der Waals surface area (Å²) in [7, 11) is 0. The number of aliphatic hydroxyl groups excluding tert-OH is 1. The number of rotatable bonds is 6. The van der Waals surface area contributed by atoms with E-state index >= 15 is 0 Å². The van der Waals surface area contributed by atoms with Crippen LogP contribution in [-0.4, -0.2) is 39.6 Å². The van der Waals surface area contributed by atoms with Crippen LogP contribution in [0, 0.1) is 10.1 Å². The highest BCUT2D eigenvalue weighted by Gasteiger charge is 2.21. The van der Waals surface area contributed by atoms with Crippen molar-refractivity contribution >= 4 is 44.9 Å². The van der Waals surface area contributed by atoms with Gasteiger partial charge in [0.05, 0.1) is 22.5 Å². The van der Waals surface area contributed by atoms with Crippen LogP contribution in [0.1, 0.15) is 10.4 Å². The first kappa shape index (κ1) is 15.7. The summed E-state index contributed by atoms with van der Waals surface area (Å²) in [5, 5.41) is 31.7.